The molecule has 1 aromatic rings. The Hall–Kier alpha value is -1.08. The highest BCUT2D eigenvalue weighted by Gasteiger charge is 2.15. The van der Waals surface area contributed by atoms with E-state index in [4.69, 9.17) is 32.7 Å². The van der Waals surface area contributed by atoms with Gasteiger partial charge in [0, 0.05) is 32.9 Å². The van der Waals surface area contributed by atoms with Crippen molar-refractivity contribution in [1.29, 1.82) is 0 Å². The first-order chi connectivity index (χ1) is 8.99. The minimum atomic E-state index is -0.551. The van der Waals surface area contributed by atoms with Gasteiger partial charge in [0.15, 0.2) is 0 Å². The molecule has 1 unspecified atom stereocenters. The average Bonchev–Trinajstić information content (AvgIpc) is 2.36. The molecule has 0 bridgehead atoms. The second-order valence-corrected chi connectivity index (χ2v) is 4.55. The van der Waals surface area contributed by atoms with Crippen molar-refractivity contribution in [3.05, 3.63) is 32.3 Å². The lowest BCUT2D eigenvalue weighted by Gasteiger charge is -2.17. The summed E-state index contributed by atoms with van der Waals surface area (Å²) < 4.78 is 10.1. The van der Waals surface area contributed by atoms with E-state index in [1.165, 1.54) is 12.1 Å². The number of benzene rings is 1. The van der Waals surface area contributed by atoms with Gasteiger partial charge in [-0.2, -0.15) is 0 Å². The molecule has 0 saturated heterocycles. The molecule has 1 rings (SSSR count). The number of rotatable bonds is 7. The summed E-state index contributed by atoms with van der Waals surface area (Å²) >= 11 is 11.9. The van der Waals surface area contributed by atoms with Gasteiger partial charge in [-0.1, -0.05) is 23.2 Å². The Labute approximate surface area is 120 Å². The zero-order chi connectivity index (χ0) is 14.4. The van der Waals surface area contributed by atoms with Gasteiger partial charge in [-0.05, 0) is 0 Å². The van der Waals surface area contributed by atoms with Gasteiger partial charge >= 0.3 is 0 Å². The zero-order valence-electron chi connectivity index (χ0n) is 10.5. The van der Waals surface area contributed by atoms with Crippen LogP contribution < -0.4 is 5.32 Å². The topological polar surface area (TPSA) is 73.6 Å². The largest absolute Gasteiger partial charge is 0.382 e. The Morgan fingerprint density at radius 1 is 1.37 bits per heavy atom. The molecule has 0 aliphatic carbocycles. The zero-order valence-corrected chi connectivity index (χ0v) is 12.0. The van der Waals surface area contributed by atoms with Gasteiger partial charge < -0.3 is 14.8 Å². The van der Waals surface area contributed by atoms with Gasteiger partial charge in [0.1, 0.15) is 0 Å². The average molecular weight is 309 g/mol. The first-order valence-corrected chi connectivity index (χ1v) is 6.14. The van der Waals surface area contributed by atoms with Crippen molar-refractivity contribution in [1.82, 2.24) is 0 Å². The van der Waals surface area contributed by atoms with E-state index in [-0.39, 0.29) is 21.8 Å². The number of hydrogen-bond acceptors (Lipinski definition) is 5. The maximum absolute atomic E-state index is 10.6. The molecule has 1 atom stereocenters. The highest BCUT2D eigenvalue weighted by Crippen LogP contribution is 2.34. The molecular weight excluding hydrogens is 295 g/mol. The van der Waals surface area contributed by atoms with Crippen LogP contribution in [0.2, 0.25) is 10.0 Å². The van der Waals surface area contributed by atoms with E-state index < -0.39 is 4.92 Å². The lowest BCUT2D eigenvalue weighted by Crippen LogP contribution is -2.26. The van der Waals surface area contributed by atoms with Crippen LogP contribution in [0.1, 0.15) is 0 Å². The first kappa shape index (κ1) is 16.0. The number of hydrogen-bond donors (Lipinski definition) is 1. The van der Waals surface area contributed by atoms with Crippen LogP contribution in [0, 0.1) is 10.1 Å². The summed E-state index contributed by atoms with van der Waals surface area (Å²) in [5, 5.41) is 14.0. The third-order valence-electron chi connectivity index (χ3n) is 2.43. The standard InChI is InChI=1S/C11H14Cl2N2O4/c1-18-6-8(19-2)5-14-11-9(12)3-7(15(16)17)4-10(11)13/h3-4,8,14H,5-6H2,1-2H3. The monoisotopic (exact) mass is 308 g/mol. The third kappa shape index (κ3) is 4.50. The van der Waals surface area contributed by atoms with E-state index in [2.05, 4.69) is 5.32 Å². The maximum atomic E-state index is 10.6. The van der Waals surface area contributed by atoms with Crippen molar-refractivity contribution >= 4 is 34.6 Å². The summed E-state index contributed by atoms with van der Waals surface area (Å²) in [4.78, 5) is 10.1. The number of nitrogens with zero attached hydrogens (tertiary/aromatic N) is 1. The van der Waals surface area contributed by atoms with Crippen LogP contribution >= 0.6 is 23.2 Å². The summed E-state index contributed by atoms with van der Waals surface area (Å²) in [7, 11) is 3.13. The van der Waals surface area contributed by atoms with Crippen molar-refractivity contribution in [2.75, 3.05) is 32.7 Å². The van der Waals surface area contributed by atoms with E-state index in [0.29, 0.717) is 18.8 Å². The Morgan fingerprint density at radius 2 is 1.95 bits per heavy atom. The minimum absolute atomic E-state index is 0.152. The van der Waals surface area contributed by atoms with E-state index in [0.717, 1.165) is 0 Å². The summed E-state index contributed by atoms with van der Waals surface area (Å²) in [6.07, 6.45) is -0.174. The summed E-state index contributed by atoms with van der Waals surface area (Å²) in [6, 6.07) is 2.49. The Bertz CT molecular complexity index is 433. The molecule has 0 aromatic heterocycles. The molecule has 0 heterocycles. The molecule has 0 spiro atoms. The maximum Gasteiger partial charge on any atom is 0.272 e. The quantitative estimate of drug-likeness (QED) is 0.619. The van der Waals surface area contributed by atoms with Crippen LogP contribution in [0.3, 0.4) is 0 Å². The lowest BCUT2D eigenvalue weighted by atomic mass is 10.2. The Kier molecular flexibility index (Phi) is 6.30. The molecule has 0 amide bonds. The molecule has 1 N–H and O–H groups in total. The van der Waals surface area contributed by atoms with Gasteiger partial charge in [-0.3, -0.25) is 10.1 Å². The van der Waals surface area contributed by atoms with Crippen LogP contribution in [0.15, 0.2) is 12.1 Å². The van der Waals surface area contributed by atoms with Gasteiger partial charge in [-0.15, -0.1) is 0 Å². The molecule has 106 valence electrons. The van der Waals surface area contributed by atoms with Crippen LogP contribution in [-0.2, 0) is 9.47 Å². The van der Waals surface area contributed by atoms with E-state index in [1.54, 1.807) is 14.2 Å². The number of halogens is 2. The third-order valence-corrected chi connectivity index (χ3v) is 3.03. The van der Waals surface area contributed by atoms with Crippen molar-refractivity contribution in [2.24, 2.45) is 0 Å². The van der Waals surface area contributed by atoms with Gasteiger partial charge in [-0.25, -0.2) is 0 Å². The highest BCUT2D eigenvalue weighted by molar-refractivity contribution is 6.39. The molecule has 1 aromatic carbocycles. The normalized spacial score (nSPS) is 12.2. The van der Waals surface area contributed by atoms with Crippen LogP contribution in [0.25, 0.3) is 0 Å². The number of nitro benzene ring substituents is 1. The van der Waals surface area contributed by atoms with Crippen molar-refractivity contribution < 1.29 is 14.4 Å². The van der Waals surface area contributed by atoms with E-state index in [1.807, 2.05) is 0 Å². The highest BCUT2D eigenvalue weighted by atomic mass is 35.5. The van der Waals surface area contributed by atoms with Crippen molar-refractivity contribution in [3.63, 3.8) is 0 Å². The molecule has 0 aliphatic heterocycles. The lowest BCUT2D eigenvalue weighted by molar-refractivity contribution is -0.384. The Morgan fingerprint density at radius 3 is 2.37 bits per heavy atom. The number of anilines is 1. The second kappa shape index (κ2) is 7.49. The molecule has 0 radical (unpaired) electrons. The van der Waals surface area contributed by atoms with Gasteiger partial charge in [0.05, 0.1) is 33.4 Å². The first-order valence-electron chi connectivity index (χ1n) is 5.38. The Balaban J connectivity index is 2.81. The fourth-order valence-corrected chi connectivity index (χ4v) is 2.06. The van der Waals surface area contributed by atoms with Crippen LogP contribution in [-0.4, -0.2) is 38.4 Å². The van der Waals surface area contributed by atoms with Crippen LogP contribution in [0.5, 0.6) is 0 Å². The van der Waals surface area contributed by atoms with Gasteiger partial charge in [0.2, 0.25) is 0 Å². The second-order valence-electron chi connectivity index (χ2n) is 3.74. The number of nitrogens with one attached hydrogen (secondary N) is 1. The number of non-ortho nitro benzene ring substituents is 1. The molecule has 19 heavy (non-hydrogen) atoms. The minimum Gasteiger partial charge on any atom is -0.382 e. The summed E-state index contributed by atoms with van der Waals surface area (Å²) in [6.45, 7) is 0.827. The molecule has 6 nitrogen and oxygen atoms in total. The van der Waals surface area contributed by atoms with Crippen LogP contribution in [0.4, 0.5) is 11.4 Å². The van der Waals surface area contributed by atoms with Crippen molar-refractivity contribution in [2.45, 2.75) is 6.10 Å². The fourth-order valence-electron chi connectivity index (χ4n) is 1.45. The van der Waals surface area contributed by atoms with Gasteiger partial charge in [0.25, 0.3) is 5.69 Å². The summed E-state index contributed by atoms with van der Waals surface area (Å²) in [5.74, 6) is 0. The predicted octanol–water partition coefficient (Wildman–Crippen LogP) is 2.97. The van der Waals surface area contributed by atoms with E-state index >= 15 is 0 Å². The predicted molar refractivity (Wildman–Crippen MR) is 74.3 cm³/mol. The molecule has 0 aliphatic rings. The fraction of sp³-hybridized carbons (Fsp3) is 0.455. The summed E-state index contributed by atoms with van der Waals surface area (Å²) in [5.41, 5.74) is 0.285. The molecule has 0 fully saturated rings. The molecular formula is C11H14Cl2N2O4. The van der Waals surface area contributed by atoms with Crippen molar-refractivity contribution in [3.8, 4) is 0 Å². The molecule has 8 heteroatoms. The molecule has 0 saturated carbocycles. The number of methoxy groups -OCH3 is 2. The smallest absolute Gasteiger partial charge is 0.272 e. The van der Waals surface area contributed by atoms with E-state index in [9.17, 15) is 10.1 Å². The SMILES string of the molecule is COCC(CNc1c(Cl)cc([N+](=O)[O-])cc1Cl)OC. The number of ether oxygens (including phenoxy) is 2. The number of nitro groups is 1.